The van der Waals surface area contributed by atoms with Crippen LogP contribution in [0, 0.1) is 5.92 Å². The molecule has 0 radical (unpaired) electrons. The average molecular weight is 402 g/mol. The van der Waals surface area contributed by atoms with E-state index in [0.717, 1.165) is 54.8 Å². The summed E-state index contributed by atoms with van der Waals surface area (Å²) in [6.45, 7) is 10.6. The second-order valence-electron chi connectivity index (χ2n) is 7.80. The summed E-state index contributed by atoms with van der Waals surface area (Å²) in [4.78, 5) is 25.7. The Hall–Kier alpha value is -2.06. The van der Waals surface area contributed by atoms with Gasteiger partial charge in [-0.25, -0.2) is 14.5 Å². The third kappa shape index (κ3) is 3.63. The van der Waals surface area contributed by atoms with Gasteiger partial charge in [-0.15, -0.1) is 16.4 Å². The van der Waals surface area contributed by atoms with Gasteiger partial charge in [-0.2, -0.15) is 0 Å². The summed E-state index contributed by atoms with van der Waals surface area (Å²) in [5.41, 5.74) is 2.12. The summed E-state index contributed by atoms with van der Waals surface area (Å²) in [5, 5.41) is 8.44. The van der Waals surface area contributed by atoms with Crippen molar-refractivity contribution in [3.63, 3.8) is 0 Å². The lowest BCUT2D eigenvalue weighted by Crippen LogP contribution is -3.11. The number of hydrogen-bond acceptors (Lipinski definition) is 5. The van der Waals surface area contributed by atoms with Crippen LogP contribution >= 0.6 is 11.3 Å². The van der Waals surface area contributed by atoms with E-state index in [1.54, 1.807) is 27.1 Å². The van der Waals surface area contributed by atoms with Crippen molar-refractivity contribution in [1.82, 2.24) is 24.9 Å². The number of nitrogens with zero attached hydrogens (tertiary/aromatic N) is 4. The zero-order chi connectivity index (χ0) is 19.7. The van der Waals surface area contributed by atoms with E-state index in [2.05, 4.69) is 41.2 Å². The minimum Gasteiger partial charge on any atom is -0.349 e. The second kappa shape index (κ2) is 8.13. The number of hydrogen-bond donors (Lipinski definition) is 2. The van der Waals surface area contributed by atoms with Crippen LogP contribution in [-0.2, 0) is 12.8 Å². The quantitative estimate of drug-likeness (QED) is 0.589. The van der Waals surface area contributed by atoms with Crippen LogP contribution in [0.1, 0.15) is 54.7 Å². The number of carbonyl (C=O) groups is 1. The molecule has 4 rings (SSSR count). The van der Waals surface area contributed by atoms with Crippen molar-refractivity contribution in [3.8, 4) is 0 Å². The molecule has 0 spiro atoms. The van der Waals surface area contributed by atoms with Crippen molar-refractivity contribution in [2.24, 2.45) is 5.92 Å². The summed E-state index contributed by atoms with van der Waals surface area (Å²) in [5.74, 6) is 0.696. The molecule has 1 aliphatic rings. The largest absolute Gasteiger partial charge is 0.349 e. The number of fused-ring (bicyclic) bond motifs is 5. The molecule has 0 saturated heterocycles. The van der Waals surface area contributed by atoms with Crippen molar-refractivity contribution in [1.29, 1.82) is 0 Å². The summed E-state index contributed by atoms with van der Waals surface area (Å²) >= 11 is 1.76. The van der Waals surface area contributed by atoms with E-state index in [0.29, 0.717) is 12.5 Å². The number of thiophene rings is 1. The van der Waals surface area contributed by atoms with Gasteiger partial charge in [0, 0.05) is 17.8 Å². The molecule has 7 nitrogen and oxygen atoms in total. The van der Waals surface area contributed by atoms with Gasteiger partial charge < -0.3 is 10.2 Å². The van der Waals surface area contributed by atoms with Gasteiger partial charge in [0.15, 0.2) is 5.65 Å². The zero-order valence-corrected chi connectivity index (χ0v) is 17.7. The minimum atomic E-state index is -0.205. The molecule has 0 saturated carbocycles. The van der Waals surface area contributed by atoms with E-state index in [4.69, 9.17) is 0 Å². The van der Waals surface area contributed by atoms with E-state index < -0.39 is 0 Å². The van der Waals surface area contributed by atoms with Crippen LogP contribution in [-0.4, -0.2) is 51.7 Å². The highest BCUT2D eigenvalue weighted by Gasteiger charge is 2.24. The number of aromatic nitrogens is 4. The van der Waals surface area contributed by atoms with Crippen LogP contribution < -0.4 is 10.2 Å². The molecule has 0 unspecified atom stereocenters. The van der Waals surface area contributed by atoms with E-state index in [1.807, 2.05) is 0 Å². The Balaban J connectivity index is 1.53. The van der Waals surface area contributed by atoms with Crippen molar-refractivity contribution in [3.05, 3.63) is 22.6 Å². The van der Waals surface area contributed by atoms with Gasteiger partial charge in [-0.3, -0.25) is 4.79 Å². The lowest BCUT2D eigenvalue weighted by atomic mass is 9.89. The first-order chi connectivity index (χ1) is 13.6. The maximum absolute atomic E-state index is 12.5. The molecule has 2 N–H and O–H groups in total. The monoisotopic (exact) mass is 401 g/mol. The minimum absolute atomic E-state index is 0.205. The molecular weight excluding hydrogens is 372 g/mol. The number of nitrogens with one attached hydrogen (secondary N) is 2. The first kappa shape index (κ1) is 19.3. The molecule has 0 aliphatic heterocycles. The zero-order valence-electron chi connectivity index (χ0n) is 16.9. The predicted molar refractivity (Wildman–Crippen MR) is 111 cm³/mol. The Morgan fingerprint density at radius 2 is 2.21 bits per heavy atom. The highest BCUT2D eigenvalue weighted by atomic mass is 32.1. The highest BCUT2D eigenvalue weighted by Crippen LogP contribution is 2.38. The number of quaternary nitrogens is 1. The van der Waals surface area contributed by atoms with E-state index in [9.17, 15) is 4.79 Å². The van der Waals surface area contributed by atoms with Crippen LogP contribution in [0.5, 0.6) is 0 Å². The van der Waals surface area contributed by atoms with Gasteiger partial charge in [-0.1, -0.05) is 6.92 Å². The summed E-state index contributed by atoms with van der Waals surface area (Å²) in [6.07, 6.45) is 6.03. The molecule has 8 heteroatoms. The maximum atomic E-state index is 12.5. The van der Waals surface area contributed by atoms with Gasteiger partial charge in [-0.05, 0) is 44.6 Å². The molecule has 3 aromatic rings. The van der Waals surface area contributed by atoms with E-state index in [1.165, 1.54) is 16.9 Å². The second-order valence-corrected chi connectivity index (χ2v) is 8.88. The summed E-state index contributed by atoms with van der Waals surface area (Å²) in [7, 11) is 0. The molecule has 28 heavy (non-hydrogen) atoms. The number of aryl methyl sites for hydroxylation is 1. The molecule has 150 valence electrons. The molecule has 0 fully saturated rings. The number of rotatable bonds is 7. The van der Waals surface area contributed by atoms with Gasteiger partial charge in [0.1, 0.15) is 11.2 Å². The Morgan fingerprint density at radius 3 is 3.00 bits per heavy atom. The first-order valence-electron chi connectivity index (χ1n) is 10.4. The lowest BCUT2D eigenvalue weighted by molar-refractivity contribution is -0.896. The summed E-state index contributed by atoms with van der Waals surface area (Å²) in [6, 6.07) is 0. The third-order valence-electron chi connectivity index (χ3n) is 5.82. The van der Waals surface area contributed by atoms with Crippen LogP contribution in [0.2, 0.25) is 0 Å². The van der Waals surface area contributed by atoms with Crippen LogP contribution in [0.25, 0.3) is 15.9 Å². The number of carbonyl (C=O) groups excluding carboxylic acids is 1. The van der Waals surface area contributed by atoms with Gasteiger partial charge >= 0.3 is 0 Å². The summed E-state index contributed by atoms with van der Waals surface area (Å²) < 4.78 is 1.66. The Bertz CT molecular complexity index is 990. The normalized spacial score (nSPS) is 16.8. The van der Waals surface area contributed by atoms with Gasteiger partial charge in [0.2, 0.25) is 5.82 Å². The molecule has 0 bridgehead atoms. The van der Waals surface area contributed by atoms with E-state index >= 15 is 0 Å². The lowest BCUT2D eigenvalue weighted by Gasteiger charge is -2.17. The molecule has 1 atom stereocenters. The van der Waals surface area contributed by atoms with Crippen molar-refractivity contribution < 1.29 is 9.69 Å². The van der Waals surface area contributed by atoms with Gasteiger partial charge in [0.25, 0.3) is 5.91 Å². The molecule has 1 amide bonds. The fraction of sp³-hybridized carbons (Fsp3) is 0.600. The molecule has 3 heterocycles. The molecular formula is C20H29N6OS+. The smallest absolute Gasteiger partial charge is 0.290 e. The SMILES string of the molecule is CC[NH+](CC)CCCNC(=O)c1nc2c3c4c(sc3ncn2n1)CC[C@H](C)C4. The van der Waals surface area contributed by atoms with Crippen LogP contribution in [0.4, 0.5) is 0 Å². The first-order valence-corrected chi connectivity index (χ1v) is 11.2. The molecule has 3 aromatic heterocycles. The predicted octanol–water partition coefficient (Wildman–Crippen LogP) is 1.51. The third-order valence-corrected chi connectivity index (χ3v) is 7.02. The van der Waals surface area contributed by atoms with E-state index in [-0.39, 0.29) is 11.7 Å². The van der Waals surface area contributed by atoms with Crippen molar-refractivity contribution in [2.75, 3.05) is 26.2 Å². The Labute approximate surface area is 169 Å². The Kier molecular flexibility index (Phi) is 5.59. The topological polar surface area (TPSA) is 76.6 Å². The Morgan fingerprint density at radius 1 is 1.39 bits per heavy atom. The molecule has 1 aliphatic carbocycles. The standard InChI is InChI=1S/C20H28N6OS/c1-4-25(5-2)10-6-9-21-19(27)17-23-18-16-14-11-13(3)7-8-15(14)28-20(16)22-12-26(18)24-17/h12-13H,4-11H2,1-3H3,(H,21,27)/p+1/t13-/m0/s1. The fourth-order valence-electron chi connectivity index (χ4n) is 4.07. The van der Waals surface area contributed by atoms with Crippen LogP contribution in [0.15, 0.2) is 6.33 Å². The van der Waals surface area contributed by atoms with Crippen molar-refractivity contribution in [2.45, 2.75) is 46.5 Å². The average Bonchev–Trinajstić information content (AvgIpc) is 3.28. The van der Waals surface area contributed by atoms with Gasteiger partial charge in [0.05, 0.1) is 25.0 Å². The fourth-order valence-corrected chi connectivity index (χ4v) is 5.24. The maximum Gasteiger partial charge on any atom is 0.290 e. The highest BCUT2D eigenvalue weighted by molar-refractivity contribution is 7.19. The van der Waals surface area contributed by atoms with Crippen LogP contribution in [0.3, 0.4) is 0 Å². The van der Waals surface area contributed by atoms with Crippen molar-refractivity contribution >= 4 is 33.1 Å². The number of amides is 1. The molecule has 0 aromatic carbocycles.